The van der Waals surface area contributed by atoms with E-state index in [9.17, 15) is 4.79 Å². The van der Waals surface area contributed by atoms with E-state index in [0.29, 0.717) is 30.1 Å². The van der Waals surface area contributed by atoms with Gasteiger partial charge in [-0.2, -0.15) is 0 Å². The van der Waals surface area contributed by atoms with E-state index in [-0.39, 0.29) is 10.3 Å². The number of nitrogens with one attached hydrogen (secondary N) is 8. The van der Waals surface area contributed by atoms with E-state index in [0.717, 1.165) is 11.2 Å². The van der Waals surface area contributed by atoms with Gasteiger partial charge in [-0.25, -0.2) is 0 Å². The molecule has 24 heavy (non-hydrogen) atoms. The number of rotatable bonds is 0. The molecule has 0 fully saturated rings. The van der Waals surface area contributed by atoms with Crippen molar-refractivity contribution in [2.45, 2.75) is 0 Å². The van der Waals surface area contributed by atoms with E-state index < -0.39 is 0 Å². The summed E-state index contributed by atoms with van der Waals surface area (Å²) in [6.45, 7) is 0. The van der Waals surface area contributed by atoms with E-state index in [1.165, 1.54) is 0 Å². The Morgan fingerprint density at radius 2 is 0.917 bits per heavy atom. The molecule has 4 aromatic heterocycles. The highest BCUT2D eigenvalue weighted by molar-refractivity contribution is 7.72. The summed E-state index contributed by atoms with van der Waals surface area (Å²) in [5.74, 6) is 0. The molecule has 14 heteroatoms. The minimum Gasteiger partial charge on any atom is -0.327 e. The van der Waals surface area contributed by atoms with Gasteiger partial charge in [0.05, 0.1) is 0 Å². The highest BCUT2D eigenvalue weighted by Gasteiger charge is 1.99. The van der Waals surface area contributed by atoms with Crippen molar-refractivity contribution in [2.75, 3.05) is 0 Å². The molecule has 4 rings (SSSR count). The van der Waals surface area contributed by atoms with Crippen LogP contribution in [-0.4, -0.2) is 39.9 Å². The normalized spacial score (nSPS) is 10.7. The van der Waals surface area contributed by atoms with E-state index >= 15 is 0 Å². The Hall–Kier alpha value is -2.00. The molecule has 0 atom stereocenters. The van der Waals surface area contributed by atoms with Gasteiger partial charge in [0.15, 0.2) is 19.1 Å². The van der Waals surface area contributed by atoms with Crippen molar-refractivity contribution in [1.82, 2.24) is 39.9 Å². The zero-order valence-corrected chi connectivity index (χ0v) is 15.5. The summed E-state index contributed by atoms with van der Waals surface area (Å²) in [6, 6.07) is 0. The van der Waals surface area contributed by atoms with Crippen LogP contribution in [0.2, 0.25) is 0 Å². The average Bonchev–Trinajstić information content (AvgIpc) is 3.01. The fraction of sp³-hybridized carbons (Fsp3) is 0. The summed E-state index contributed by atoms with van der Waals surface area (Å²) in [7, 11) is 0. The minimum atomic E-state index is -0.277. The van der Waals surface area contributed by atoms with Gasteiger partial charge in [-0.1, -0.05) is 12.2 Å². The second-order valence-electron chi connectivity index (χ2n) is 4.47. The summed E-state index contributed by atoms with van der Waals surface area (Å²) in [5, 5.41) is 0. The van der Waals surface area contributed by atoms with Crippen molar-refractivity contribution in [3.8, 4) is 0 Å². The average molecular weight is 417 g/mol. The molecule has 4 heterocycles. The Morgan fingerprint density at radius 3 is 1.50 bits per heavy atom. The maximum Gasteiger partial charge on any atom is 0.277 e. The fourth-order valence-corrected chi connectivity index (χ4v) is 3.04. The molecule has 0 aromatic carbocycles. The summed E-state index contributed by atoms with van der Waals surface area (Å²) in [6.07, 6.45) is 0. The maximum absolute atomic E-state index is 11.2. The highest BCUT2D eigenvalue weighted by atomic mass is 32.1. The van der Waals surface area contributed by atoms with Gasteiger partial charge in [-0.05, 0) is 48.9 Å². The number of fused-ring (bicyclic) bond motifs is 2. The fourth-order valence-electron chi connectivity index (χ4n) is 1.92. The first-order valence-electron chi connectivity index (χ1n) is 6.22. The predicted octanol–water partition coefficient (Wildman–Crippen LogP) is 3.31. The molecular weight excluding hydrogens is 409 g/mol. The Balaban J connectivity index is 0.000000141. The maximum atomic E-state index is 11.2. The van der Waals surface area contributed by atoms with Crippen LogP contribution in [0.15, 0.2) is 4.79 Å². The summed E-state index contributed by atoms with van der Waals surface area (Å²) < 4.78 is 2.24. The Morgan fingerprint density at radius 1 is 0.500 bits per heavy atom. The van der Waals surface area contributed by atoms with Crippen LogP contribution in [0.5, 0.6) is 0 Å². The third-order valence-electron chi connectivity index (χ3n) is 2.84. The second-order valence-corrected chi connectivity index (χ2v) is 6.52. The first-order valence-corrected chi connectivity index (χ1v) is 8.27. The molecule has 9 nitrogen and oxygen atoms in total. The lowest BCUT2D eigenvalue weighted by Gasteiger charge is -1.88. The van der Waals surface area contributed by atoms with Crippen LogP contribution in [-0.2, 0) is 0 Å². The number of imidazole rings is 2. The molecule has 4 aromatic rings. The minimum absolute atomic E-state index is 0.276. The van der Waals surface area contributed by atoms with Crippen molar-refractivity contribution in [3.05, 3.63) is 34.1 Å². The smallest absolute Gasteiger partial charge is 0.277 e. The quantitative estimate of drug-likeness (QED) is 0.207. The van der Waals surface area contributed by atoms with Crippen LogP contribution in [0.25, 0.3) is 22.3 Å². The molecule has 0 unspecified atom stereocenters. The Labute approximate surface area is 157 Å². The molecular formula is C10H8N8OS5. The van der Waals surface area contributed by atoms with Crippen LogP contribution in [0.3, 0.4) is 0 Å². The van der Waals surface area contributed by atoms with Gasteiger partial charge >= 0.3 is 0 Å². The van der Waals surface area contributed by atoms with Crippen LogP contribution in [0, 0.1) is 23.7 Å². The van der Waals surface area contributed by atoms with Gasteiger partial charge in [0.25, 0.3) is 5.56 Å². The van der Waals surface area contributed by atoms with Gasteiger partial charge in [0, 0.05) is 0 Å². The monoisotopic (exact) mass is 416 g/mol. The topological polar surface area (TPSA) is 143 Å². The van der Waals surface area contributed by atoms with Crippen LogP contribution >= 0.6 is 61.1 Å². The van der Waals surface area contributed by atoms with Crippen molar-refractivity contribution < 1.29 is 0 Å². The summed E-state index contributed by atoms with van der Waals surface area (Å²) >= 11 is 24.4. The van der Waals surface area contributed by atoms with Gasteiger partial charge in [0.1, 0.15) is 27.0 Å². The molecule has 0 spiro atoms. The van der Waals surface area contributed by atoms with Crippen LogP contribution < -0.4 is 5.56 Å². The van der Waals surface area contributed by atoms with Gasteiger partial charge in [-0.15, -0.1) is 0 Å². The molecule has 0 bridgehead atoms. The first-order chi connectivity index (χ1) is 11.3. The van der Waals surface area contributed by atoms with Crippen molar-refractivity contribution >= 4 is 83.4 Å². The molecule has 0 aliphatic rings. The number of hydrogen-bond acceptors (Lipinski definition) is 6. The number of aromatic amines is 8. The van der Waals surface area contributed by atoms with E-state index in [4.69, 9.17) is 61.1 Å². The molecule has 8 N–H and O–H groups in total. The Kier molecular flexibility index (Phi) is 4.55. The SMILES string of the molecule is O=c1[nH]c(=S)[nH]c2[nH]c(=S)[nH]c12.S=c1[nH]c(=S)c2[nH]c(=S)[nH]c2[nH]1. The van der Waals surface area contributed by atoms with Gasteiger partial charge in [-0.3, -0.25) is 9.78 Å². The van der Waals surface area contributed by atoms with E-state index in [2.05, 4.69) is 39.9 Å². The Bertz CT molecular complexity index is 1280. The van der Waals surface area contributed by atoms with E-state index in [1.807, 2.05) is 0 Å². The zero-order chi connectivity index (χ0) is 17.4. The molecule has 0 aliphatic heterocycles. The van der Waals surface area contributed by atoms with Gasteiger partial charge < -0.3 is 34.9 Å². The molecule has 0 radical (unpaired) electrons. The van der Waals surface area contributed by atoms with Crippen molar-refractivity contribution in [3.63, 3.8) is 0 Å². The molecule has 0 amide bonds. The third-order valence-corrected chi connectivity index (χ3v) is 3.96. The zero-order valence-electron chi connectivity index (χ0n) is 11.4. The lowest BCUT2D eigenvalue weighted by molar-refractivity contribution is 1.12. The number of hydrogen-bond donors (Lipinski definition) is 8. The lowest BCUT2D eigenvalue weighted by Crippen LogP contribution is -2.07. The van der Waals surface area contributed by atoms with E-state index in [1.54, 1.807) is 0 Å². The molecule has 0 saturated heterocycles. The largest absolute Gasteiger partial charge is 0.327 e. The number of aromatic nitrogens is 8. The second kappa shape index (κ2) is 6.48. The third kappa shape index (κ3) is 3.41. The van der Waals surface area contributed by atoms with Crippen LogP contribution in [0.4, 0.5) is 0 Å². The summed E-state index contributed by atoms with van der Waals surface area (Å²) in [5.41, 5.74) is 2.11. The molecule has 0 aliphatic carbocycles. The number of H-pyrrole nitrogens is 8. The predicted molar refractivity (Wildman–Crippen MR) is 103 cm³/mol. The van der Waals surface area contributed by atoms with Crippen molar-refractivity contribution in [2.24, 2.45) is 0 Å². The standard InChI is InChI=1S/C5H4N4OS2.C5H4N4S3/c2*10-3-1-2(7-4(11)6-1)8-5(12)9-3/h2*(H4,6,7,8,9,10,11,12). The summed E-state index contributed by atoms with van der Waals surface area (Å²) in [4.78, 5) is 33.3. The molecule has 0 saturated carbocycles. The van der Waals surface area contributed by atoms with Gasteiger partial charge in [0.2, 0.25) is 0 Å². The first kappa shape index (κ1) is 16.8. The highest BCUT2D eigenvalue weighted by Crippen LogP contribution is 2.05. The molecule has 124 valence electrons. The lowest BCUT2D eigenvalue weighted by atomic mass is 10.6. The van der Waals surface area contributed by atoms with Crippen molar-refractivity contribution in [1.29, 1.82) is 0 Å². The van der Waals surface area contributed by atoms with Crippen LogP contribution in [0.1, 0.15) is 0 Å².